The Hall–Kier alpha value is -2.65. The molecule has 0 aliphatic carbocycles. The SMILES string of the molecule is COc1cccc(CC(=O)N2CCC(CN3CCN(C)CC3C)CC2)c1.O=CO.O=CO. The van der Waals surface area contributed by atoms with Crippen LogP contribution < -0.4 is 4.74 Å². The molecule has 1 amide bonds. The lowest BCUT2D eigenvalue weighted by atomic mass is 9.94. The minimum Gasteiger partial charge on any atom is -0.497 e. The minimum absolute atomic E-state index is 0.240. The molecule has 1 aromatic rings. The van der Waals surface area contributed by atoms with E-state index in [1.54, 1.807) is 7.11 Å². The number of nitrogens with zero attached hydrogens (tertiary/aromatic N) is 3. The number of methoxy groups -OCH3 is 1. The molecule has 2 N–H and O–H groups in total. The average Bonchev–Trinajstić information content (AvgIpc) is 2.77. The molecule has 9 heteroatoms. The fraction of sp³-hybridized carbons (Fsp3) is 0.609. The van der Waals surface area contributed by atoms with Gasteiger partial charge < -0.3 is 24.7 Å². The first-order valence-electron chi connectivity index (χ1n) is 10.9. The topological polar surface area (TPSA) is 111 Å². The van der Waals surface area contributed by atoms with E-state index in [4.69, 9.17) is 24.5 Å². The zero-order valence-electron chi connectivity index (χ0n) is 19.4. The molecule has 180 valence electrons. The van der Waals surface area contributed by atoms with Crippen molar-refractivity contribution in [3.8, 4) is 5.75 Å². The Bertz CT molecular complexity index is 688. The number of rotatable bonds is 5. The number of carbonyl (C=O) groups excluding carboxylic acids is 1. The highest BCUT2D eigenvalue weighted by molar-refractivity contribution is 5.79. The first-order valence-corrected chi connectivity index (χ1v) is 10.9. The molecule has 0 saturated carbocycles. The molecular formula is C23H37N3O6. The van der Waals surface area contributed by atoms with Gasteiger partial charge in [0.1, 0.15) is 5.75 Å². The van der Waals surface area contributed by atoms with Gasteiger partial charge in [-0.05, 0) is 50.4 Å². The second kappa shape index (κ2) is 15.2. The third-order valence-corrected chi connectivity index (χ3v) is 5.92. The third-order valence-electron chi connectivity index (χ3n) is 5.92. The number of amides is 1. The van der Waals surface area contributed by atoms with E-state index >= 15 is 0 Å². The van der Waals surface area contributed by atoms with Crippen molar-refractivity contribution in [1.82, 2.24) is 14.7 Å². The van der Waals surface area contributed by atoms with E-state index in [9.17, 15) is 4.79 Å². The van der Waals surface area contributed by atoms with Gasteiger partial charge in [0.15, 0.2) is 0 Å². The molecule has 2 aliphatic rings. The molecule has 1 atom stereocenters. The number of benzene rings is 1. The smallest absolute Gasteiger partial charge is 0.290 e. The fourth-order valence-corrected chi connectivity index (χ4v) is 4.21. The Morgan fingerprint density at radius 3 is 2.31 bits per heavy atom. The Labute approximate surface area is 190 Å². The van der Waals surface area contributed by atoms with Crippen LogP contribution in [-0.4, -0.2) is 103 Å². The Kier molecular flexibility index (Phi) is 13.0. The molecule has 0 spiro atoms. The lowest BCUT2D eigenvalue weighted by molar-refractivity contribution is -0.132. The number of carbonyl (C=O) groups is 3. The van der Waals surface area contributed by atoms with Crippen LogP contribution in [0.2, 0.25) is 0 Å². The average molecular weight is 452 g/mol. The van der Waals surface area contributed by atoms with E-state index in [-0.39, 0.29) is 18.9 Å². The van der Waals surface area contributed by atoms with Crippen molar-refractivity contribution >= 4 is 18.9 Å². The molecule has 0 aromatic heterocycles. The van der Waals surface area contributed by atoms with Crippen molar-refractivity contribution in [2.24, 2.45) is 5.92 Å². The van der Waals surface area contributed by atoms with E-state index in [2.05, 4.69) is 23.8 Å². The number of carboxylic acid groups (broad SMARTS) is 2. The highest BCUT2D eigenvalue weighted by Crippen LogP contribution is 2.22. The molecule has 2 aliphatic heterocycles. The Morgan fingerprint density at radius 2 is 1.75 bits per heavy atom. The Balaban J connectivity index is 0.000000769. The second-order valence-corrected chi connectivity index (χ2v) is 8.17. The highest BCUT2D eigenvalue weighted by atomic mass is 16.5. The van der Waals surface area contributed by atoms with Crippen LogP contribution in [0, 0.1) is 5.92 Å². The second-order valence-electron chi connectivity index (χ2n) is 8.17. The monoisotopic (exact) mass is 451 g/mol. The van der Waals surface area contributed by atoms with Gasteiger partial charge in [-0.25, -0.2) is 0 Å². The number of hydrogen-bond donors (Lipinski definition) is 2. The molecule has 9 nitrogen and oxygen atoms in total. The summed E-state index contributed by atoms with van der Waals surface area (Å²) in [5.74, 6) is 1.78. The summed E-state index contributed by atoms with van der Waals surface area (Å²) in [5, 5.41) is 13.8. The fourth-order valence-electron chi connectivity index (χ4n) is 4.21. The maximum Gasteiger partial charge on any atom is 0.290 e. The van der Waals surface area contributed by atoms with E-state index in [0.717, 1.165) is 49.7 Å². The van der Waals surface area contributed by atoms with Crippen LogP contribution in [0.3, 0.4) is 0 Å². The summed E-state index contributed by atoms with van der Waals surface area (Å²) >= 11 is 0. The lowest BCUT2D eigenvalue weighted by Gasteiger charge is -2.41. The summed E-state index contributed by atoms with van der Waals surface area (Å²) in [6.45, 7) is 8.33. The zero-order valence-corrected chi connectivity index (χ0v) is 19.4. The Morgan fingerprint density at radius 1 is 1.12 bits per heavy atom. The van der Waals surface area contributed by atoms with Crippen molar-refractivity contribution in [1.29, 1.82) is 0 Å². The third kappa shape index (κ3) is 9.65. The number of piperidine rings is 1. The van der Waals surface area contributed by atoms with Crippen LogP contribution >= 0.6 is 0 Å². The van der Waals surface area contributed by atoms with E-state index in [1.165, 1.54) is 19.6 Å². The van der Waals surface area contributed by atoms with Gasteiger partial charge in [-0.15, -0.1) is 0 Å². The minimum atomic E-state index is -0.250. The van der Waals surface area contributed by atoms with Gasteiger partial charge in [-0.3, -0.25) is 19.3 Å². The molecule has 0 radical (unpaired) electrons. The van der Waals surface area contributed by atoms with Crippen LogP contribution in [0.15, 0.2) is 24.3 Å². The van der Waals surface area contributed by atoms with Gasteiger partial charge >= 0.3 is 0 Å². The predicted molar refractivity (Wildman–Crippen MR) is 122 cm³/mol. The molecule has 1 unspecified atom stereocenters. The van der Waals surface area contributed by atoms with Crippen LogP contribution in [0.4, 0.5) is 0 Å². The summed E-state index contributed by atoms with van der Waals surface area (Å²) in [6, 6.07) is 8.46. The largest absolute Gasteiger partial charge is 0.497 e. The predicted octanol–water partition coefficient (Wildman–Crippen LogP) is 1.51. The first-order chi connectivity index (χ1) is 15.4. The molecule has 0 bridgehead atoms. The quantitative estimate of drug-likeness (QED) is 0.649. The number of piperazine rings is 1. The molecule has 2 fully saturated rings. The van der Waals surface area contributed by atoms with Gasteiger partial charge in [0.05, 0.1) is 13.5 Å². The van der Waals surface area contributed by atoms with E-state index in [1.807, 2.05) is 29.2 Å². The number of ether oxygens (including phenoxy) is 1. The maximum atomic E-state index is 12.6. The van der Waals surface area contributed by atoms with Gasteiger partial charge in [0.2, 0.25) is 5.91 Å². The number of likely N-dealkylation sites (N-methyl/N-ethyl adjacent to an activating group) is 1. The summed E-state index contributed by atoms with van der Waals surface area (Å²) in [7, 11) is 3.87. The van der Waals surface area contributed by atoms with Gasteiger partial charge in [-0.2, -0.15) is 0 Å². The van der Waals surface area contributed by atoms with Crippen LogP contribution in [0.1, 0.15) is 25.3 Å². The lowest BCUT2D eigenvalue weighted by Crippen LogP contribution is -2.52. The maximum absolute atomic E-state index is 12.6. The molecule has 1 aromatic carbocycles. The summed E-state index contributed by atoms with van der Waals surface area (Å²) in [4.78, 5) is 36.4. The van der Waals surface area contributed by atoms with Crippen LogP contribution in [0.25, 0.3) is 0 Å². The van der Waals surface area contributed by atoms with Gasteiger partial charge in [0.25, 0.3) is 12.9 Å². The van der Waals surface area contributed by atoms with Crippen molar-refractivity contribution in [3.05, 3.63) is 29.8 Å². The molecule has 3 rings (SSSR count). The summed E-state index contributed by atoms with van der Waals surface area (Å²) in [5.41, 5.74) is 1.03. The molecule has 2 saturated heterocycles. The molecule has 32 heavy (non-hydrogen) atoms. The number of likely N-dealkylation sites (tertiary alicyclic amines) is 1. The molecule has 2 heterocycles. The van der Waals surface area contributed by atoms with Crippen molar-refractivity contribution < 1.29 is 29.3 Å². The molecular weight excluding hydrogens is 414 g/mol. The number of hydrogen-bond acceptors (Lipinski definition) is 6. The standard InChI is InChI=1S/C21H33N3O2.2CH2O2/c1-17-15-22(2)11-12-24(17)16-18-7-9-23(10-8-18)21(25)14-19-5-4-6-20(13-19)26-3;2*2-1-3/h4-6,13,17-18H,7-12,14-16H2,1-3H3;2*1H,(H,2,3). The van der Waals surface area contributed by atoms with Crippen molar-refractivity contribution in [3.63, 3.8) is 0 Å². The zero-order chi connectivity index (χ0) is 23.9. The van der Waals surface area contributed by atoms with Crippen molar-refractivity contribution in [2.45, 2.75) is 32.2 Å². The first kappa shape index (κ1) is 27.4. The van der Waals surface area contributed by atoms with Crippen molar-refractivity contribution in [2.75, 3.05) is 53.4 Å². The van der Waals surface area contributed by atoms with Crippen LogP contribution in [-0.2, 0) is 20.8 Å². The normalized spacial score (nSPS) is 19.6. The van der Waals surface area contributed by atoms with Gasteiger partial charge in [-0.1, -0.05) is 12.1 Å². The van der Waals surface area contributed by atoms with Gasteiger partial charge in [0, 0.05) is 45.3 Å². The van der Waals surface area contributed by atoms with Crippen LogP contribution in [0.5, 0.6) is 5.75 Å². The highest BCUT2D eigenvalue weighted by Gasteiger charge is 2.27. The summed E-state index contributed by atoms with van der Waals surface area (Å²) < 4.78 is 5.25. The summed E-state index contributed by atoms with van der Waals surface area (Å²) in [6.07, 6.45) is 2.73. The van der Waals surface area contributed by atoms with E-state index in [0.29, 0.717) is 12.5 Å². The van der Waals surface area contributed by atoms with E-state index < -0.39 is 0 Å².